The maximum absolute atomic E-state index is 4.64. The molecule has 0 amide bonds. The van der Waals surface area contributed by atoms with Gasteiger partial charge in [-0.05, 0) is 17.9 Å². The minimum Gasteiger partial charge on any atom is -0.359 e. The van der Waals surface area contributed by atoms with Crippen LogP contribution in [0, 0.1) is 0 Å². The van der Waals surface area contributed by atoms with Crippen LogP contribution < -0.4 is 10.2 Å². The number of nitrogens with one attached hydrogen (secondary N) is 1. The van der Waals surface area contributed by atoms with E-state index in [0.717, 1.165) is 18.9 Å². The molecular formula is C16H23N3. The van der Waals surface area contributed by atoms with Crippen LogP contribution in [0.15, 0.2) is 30.5 Å². The molecular weight excluding hydrogens is 234 g/mol. The van der Waals surface area contributed by atoms with Gasteiger partial charge >= 0.3 is 0 Å². The fourth-order valence-corrected chi connectivity index (χ4v) is 2.15. The zero-order valence-electron chi connectivity index (χ0n) is 12.3. The topological polar surface area (TPSA) is 28.2 Å². The summed E-state index contributed by atoms with van der Waals surface area (Å²) in [6.07, 6.45) is 2.00. The first-order chi connectivity index (χ1) is 9.13. The molecule has 0 atom stereocenters. The van der Waals surface area contributed by atoms with Crippen molar-refractivity contribution in [1.29, 1.82) is 0 Å². The molecule has 19 heavy (non-hydrogen) atoms. The van der Waals surface area contributed by atoms with Gasteiger partial charge < -0.3 is 10.2 Å². The lowest BCUT2D eigenvalue weighted by atomic mass is 10.1. The summed E-state index contributed by atoms with van der Waals surface area (Å²) in [5.41, 5.74) is 1.26. The minimum absolute atomic E-state index is 0.483. The summed E-state index contributed by atoms with van der Waals surface area (Å²) in [6, 6.07) is 8.99. The van der Waals surface area contributed by atoms with Gasteiger partial charge in [0.15, 0.2) is 0 Å². The Morgan fingerprint density at radius 2 is 1.89 bits per heavy atom. The first-order valence-corrected chi connectivity index (χ1v) is 6.94. The summed E-state index contributed by atoms with van der Waals surface area (Å²) in [7, 11) is 2.08. The highest BCUT2D eigenvalue weighted by molar-refractivity contribution is 5.94. The molecule has 0 unspecified atom stereocenters. The van der Waals surface area contributed by atoms with E-state index >= 15 is 0 Å². The van der Waals surface area contributed by atoms with Crippen LogP contribution in [0.3, 0.4) is 0 Å². The summed E-state index contributed by atoms with van der Waals surface area (Å²) < 4.78 is 0. The molecule has 0 bridgehead atoms. The number of anilines is 1. The van der Waals surface area contributed by atoms with Gasteiger partial charge in [0.25, 0.3) is 0 Å². The number of fused-ring (bicyclic) bond motifs is 1. The van der Waals surface area contributed by atoms with Crippen molar-refractivity contribution < 1.29 is 0 Å². The van der Waals surface area contributed by atoms with Crippen molar-refractivity contribution >= 4 is 16.6 Å². The van der Waals surface area contributed by atoms with Crippen molar-refractivity contribution in [1.82, 2.24) is 10.3 Å². The fourth-order valence-electron chi connectivity index (χ4n) is 2.15. The van der Waals surface area contributed by atoms with E-state index in [9.17, 15) is 0 Å². The maximum atomic E-state index is 4.64. The summed E-state index contributed by atoms with van der Waals surface area (Å²) in [6.45, 7) is 8.29. The van der Waals surface area contributed by atoms with Gasteiger partial charge in [-0.15, -0.1) is 0 Å². The highest BCUT2D eigenvalue weighted by Crippen LogP contribution is 2.26. The third kappa shape index (κ3) is 3.04. The number of aromatic nitrogens is 1. The van der Waals surface area contributed by atoms with Gasteiger partial charge in [-0.1, -0.05) is 38.1 Å². The second kappa shape index (κ2) is 6.02. The van der Waals surface area contributed by atoms with E-state index in [-0.39, 0.29) is 0 Å². The Hall–Kier alpha value is -1.61. The van der Waals surface area contributed by atoms with E-state index < -0.39 is 0 Å². The highest BCUT2D eigenvalue weighted by Gasteiger charge is 2.09. The zero-order chi connectivity index (χ0) is 13.8. The molecule has 102 valence electrons. The van der Waals surface area contributed by atoms with Crippen molar-refractivity contribution in [3.63, 3.8) is 0 Å². The zero-order valence-corrected chi connectivity index (χ0v) is 12.3. The predicted octanol–water partition coefficient (Wildman–Crippen LogP) is 3.19. The van der Waals surface area contributed by atoms with Crippen molar-refractivity contribution in [3.8, 4) is 0 Å². The second-order valence-electron chi connectivity index (χ2n) is 5.20. The summed E-state index contributed by atoms with van der Waals surface area (Å²) in [4.78, 5) is 6.82. The Kier molecular flexibility index (Phi) is 4.38. The summed E-state index contributed by atoms with van der Waals surface area (Å²) in [5, 5.41) is 5.99. The van der Waals surface area contributed by atoms with Crippen molar-refractivity contribution in [2.75, 3.05) is 18.5 Å². The molecule has 0 saturated carbocycles. The molecule has 0 radical (unpaired) electrons. The van der Waals surface area contributed by atoms with Gasteiger partial charge in [0.1, 0.15) is 5.82 Å². The van der Waals surface area contributed by atoms with Crippen LogP contribution in [0.1, 0.15) is 26.3 Å². The van der Waals surface area contributed by atoms with Crippen molar-refractivity contribution in [3.05, 3.63) is 36.0 Å². The highest BCUT2D eigenvalue weighted by atomic mass is 15.2. The average Bonchev–Trinajstić information content (AvgIpc) is 2.43. The molecule has 0 aliphatic rings. The fraction of sp³-hybridized carbons (Fsp3) is 0.438. The molecule has 2 rings (SSSR count). The predicted molar refractivity (Wildman–Crippen MR) is 82.7 cm³/mol. The Labute approximate surface area is 115 Å². The molecule has 0 fully saturated rings. The van der Waals surface area contributed by atoms with Gasteiger partial charge in [-0.25, -0.2) is 4.98 Å². The summed E-state index contributed by atoms with van der Waals surface area (Å²) in [5.74, 6) is 1.06. The number of pyridine rings is 1. The first-order valence-electron chi connectivity index (χ1n) is 6.94. The number of rotatable bonds is 5. The normalized spacial score (nSPS) is 11.2. The lowest BCUT2D eigenvalue weighted by molar-refractivity contribution is 0.590. The molecule has 2 aromatic rings. The van der Waals surface area contributed by atoms with Crippen LogP contribution in [0.4, 0.5) is 5.82 Å². The molecule has 0 saturated heterocycles. The lowest BCUT2D eigenvalue weighted by Crippen LogP contribution is -2.22. The van der Waals surface area contributed by atoms with E-state index in [2.05, 4.69) is 67.3 Å². The molecule has 0 spiro atoms. The Morgan fingerprint density at radius 1 is 1.21 bits per heavy atom. The third-order valence-electron chi connectivity index (χ3n) is 3.39. The van der Waals surface area contributed by atoms with Crippen LogP contribution in [-0.4, -0.2) is 24.6 Å². The molecule has 1 aromatic carbocycles. The number of hydrogen-bond donors (Lipinski definition) is 1. The third-order valence-corrected chi connectivity index (χ3v) is 3.39. The number of benzene rings is 1. The van der Waals surface area contributed by atoms with Crippen LogP contribution in [0.25, 0.3) is 10.8 Å². The Morgan fingerprint density at radius 3 is 2.53 bits per heavy atom. The van der Waals surface area contributed by atoms with Crippen molar-refractivity contribution in [2.45, 2.75) is 33.4 Å². The van der Waals surface area contributed by atoms with Crippen molar-refractivity contribution in [2.24, 2.45) is 0 Å². The maximum Gasteiger partial charge on any atom is 0.136 e. The number of nitrogens with zero attached hydrogens (tertiary/aromatic N) is 2. The quantitative estimate of drug-likeness (QED) is 0.891. The van der Waals surface area contributed by atoms with E-state index in [1.165, 1.54) is 16.3 Å². The molecule has 0 aliphatic carbocycles. The van der Waals surface area contributed by atoms with Gasteiger partial charge in [-0.3, -0.25) is 0 Å². The standard InChI is InChI=1S/C16H23N3/c1-5-19(4)16-15-9-7-6-8-14(15)13(11-18-16)10-17-12(2)3/h6-9,11-12,17H,5,10H2,1-4H3. The first kappa shape index (κ1) is 13.8. The van der Waals surface area contributed by atoms with E-state index in [4.69, 9.17) is 0 Å². The van der Waals surface area contributed by atoms with Crippen LogP contribution in [-0.2, 0) is 6.54 Å². The SMILES string of the molecule is CCN(C)c1ncc(CNC(C)C)c2ccccc12. The van der Waals surface area contributed by atoms with Crippen LogP contribution in [0.5, 0.6) is 0 Å². The minimum atomic E-state index is 0.483. The Bertz CT molecular complexity index is 549. The molecule has 0 aliphatic heterocycles. The van der Waals surface area contributed by atoms with Crippen LogP contribution in [0.2, 0.25) is 0 Å². The lowest BCUT2D eigenvalue weighted by Gasteiger charge is -2.19. The van der Waals surface area contributed by atoms with E-state index in [1.54, 1.807) is 0 Å². The van der Waals surface area contributed by atoms with Gasteiger partial charge in [0.2, 0.25) is 0 Å². The molecule has 3 nitrogen and oxygen atoms in total. The molecule has 3 heteroatoms. The van der Waals surface area contributed by atoms with Crippen LogP contribution >= 0.6 is 0 Å². The van der Waals surface area contributed by atoms with Gasteiger partial charge in [0, 0.05) is 37.8 Å². The molecule has 1 heterocycles. The van der Waals surface area contributed by atoms with E-state index in [0.29, 0.717) is 6.04 Å². The number of hydrogen-bond acceptors (Lipinski definition) is 3. The second-order valence-corrected chi connectivity index (χ2v) is 5.20. The van der Waals surface area contributed by atoms with Gasteiger partial charge in [0.05, 0.1) is 0 Å². The smallest absolute Gasteiger partial charge is 0.136 e. The largest absolute Gasteiger partial charge is 0.359 e. The monoisotopic (exact) mass is 257 g/mol. The summed E-state index contributed by atoms with van der Waals surface area (Å²) >= 11 is 0. The van der Waals surface area contributed by atoms with Gasteiger partial charge in [-0.2, -0.15) is 0 Å². The average molecular weight is 257 g/mol. The Balaban J connectivity index is 2.46. The van der Waals surface area contributed by atoms with E-state index in [1.807, 2.05) is 6.20 Å². The molecule has 1 N–H and O–H groups in total. The molecule has 1 aromatic heterocycles.